The Labute approximate surface area is 121 Å². The number of ether oxygens (including phenoxy) is 1. The average molecular weight is 275 g/mol. The third-order valence-electron chi connectivity index (χ3n) is 3.65. The number of carbonyl (C=O) groups is 1. The minimum Gasteiger partial charge on any atom is -0.490 e. The Morgan fingerprint density at radius 1 is 1.30 bits per heavy atom. The van der Waals surface area contributed by atoms with Crippen LogP contribution in [-0.4, -0.2) is 36.4 Å². The summed E-state index contributed by atoms with van der Waals surface area (Å²) in [5.74, 6) is 0.910. The number of benzene rings is 1. The van der Waals surface area contributed by atoms with Gasteiger partial charge in [-0.05, 0) is 58.8 Å². The Kier molecular flexibility index (Phi) is 5.18. The number of rotatable bonds is 6. The molecule has 3 heteroatoms. The van der Waals surface area contributed by atoms with E-state index in [4.69, 9.17) is 4.74 Å². The Bertz CT molecular complexity index is 462. The molecule has 0 atom stereocenters. The minimum atomic E-state index is 0.0860. The topological polar surface area (TPSA) is 29.5 Å². The fourth-order valence-electron chi connectivity index (χ4n) is 2.62. The molecule has 1 aliphatic heterocycles. The van der Waals surface area contributed by atoms with Crippen LogP contribution in [0.3, 0.4) is 0 Å². The van der Waals surface area contributed by atoms with E-state index >= 15 is 0 Å². The van der Waals surface area contributed by atoms with Gasteiger partial charge in [-0.15, -0.1) is 0 Å². The largest absolute Gasteiger partial charge is 0.490 e. The van der Waals surface area contributed by atoms with Crippen LogP contribution in [0.1, 0.15) is 49.0 Å². The molecular weight excluding hydrogens is 250 g/mol. The molecule has 0 unspecified atom stereocenters. The molecule has 3 nitrogen and oxygen atoms in total. The summed E-state index contributed by atoms with van der Waals surface area (Å²) >= 11 is 0. The van der Waals surface area contributed by atoms with Crippen LogP contribution >= 0.6 is 0 Å². The average Bonchev–Trinajstić information content (AvgIpc) is 2.90. The maximum absolute atomic E-state index is 12.4. The van der Waals surface area contributed by atoms with Crippen molar-refractivity contribution < 1.29 is 9.53 Å². The molecule has 0 spiro atoms. The fraction of sp³-hybridized carbons (Fsp3) is 0.588. The molecule has 110 valence electrons. The van der Waals surface area contributed by atoms with Gasteiger partial charge >= 0.3 is 0 Å². The molecule has 20 heavy (non-hydrogen) atoms. The van der Waals surface area contributed by atoms with E-state index in [1.54, 1.807) is 0 Å². The van der Waals surface area contributed by atoms with Crippen molar-refractivity contribution in [1.29, 1.82) is 0 Å². The highest BCUT2D eigenvalue weighted by molar-refractivity contribution is 5.99. The number of nitrogens with zero attached hydrogens (tertiary/aromatic N) is 1. The Morgan fingerprint density at radius 2 is 2.00 bits per heavy atom. The van der Waals surface area contributed by atoms with Crippen LogP contribution in [0, 0.1) is 6.92 Å². The first-order valence-corrected chi connectivity index (χ1v) is 7.59. The zero-order valence-corrected chi connectivity index (χ0v) is 12.8. The molecule has 0 N–H and O–H groups in total. The molecule has 1 aliphatic rings. The lowest BCUT2D eigenvalue weighted by Gasteiger charge is -2.16. The summed E-state index contributed by atoms with van der Waals surface area (Å²) in [7, 11) is 0. The molecule has 1 heterocycles. The van der Waals surface area contributed by atoms with Crippen LogP contribution < -0.4 is 4.74 Å². The molecule has 0 saturated carbocycles. The lowest BCUT2D eigenvalue weighted by atomic mass is 10.0. The Hall–Kier alpha value is -1.35. The van der Waals surface area contributed by atoms with Crippen molar-refractivity contribution in [3.63, 3.8) is 0 Å². The zero-order valence-electron chi connectivity index (χ0n) is 12.8. The number of ketones is 1. The molecule has 0 bridgehead atoms. The van der Waals surface area contributed by atoms with Gasteiger partial charge in [-0.3, -0.25) is 4.79 Å². The quantitative estimate of drug-likeness (QED) is 0.745. The first-order valence-electron chi connectivity index (χ1n) is 7.59. The van der Waals surface area contributed by atoms with Crippen LogP contribution in [0.4, 0.5) is 0 Å². The number of hydrogen-bond donors (Lipinski definition) is 0. The molecule has 1 aromatic carbocycles. The first kappa shape index (κ1) is 15.0. The van der Waals surface area contributed by atoms with Crippen molar-refractivity contribution in [2.45, 2.75) is 46.1 Å². The molecule has 1 saturated heterocycles. The lowest BCUT2D eigenvalue weighted by Crippen LogP contribution is -2.23. The standard InChI is InChI=1S/C17H25NO2/c1-13(2)20-17-7-6-14(3)12-15(17)16(19)8-11-18-9-4-5-10-18/h6-7,12-13H,4-5,8-11H2,1-3H3. The second-order valence-electron chi connectivity index (χ2n) is 5.89. The van der Waals surface area contributed by atoms with Crippen LogP contribution in [0.5, 0.6) is 5.75 Å². The van der Waals surface area contributed by atoms with Crippen LogP contribution in [-0.2, 0) is 0 Å². The van der Waals surface area contributed by atoms with Gasteiger partial charge in [-0.1, -0.05) is 11.6 Å². The maximum Gasteiger partial charge on any atom is 0.167 e. The third kappa shape index (κ3) is 4.07. The molecule has 0 amide bonds. The highest BCUT2D eigenvalue weighted by Crippen LogP contribution is 2.23. The minimum absolute atomic E-state index is 0.0860. The second-order valence-corrected chi connectivity index (χ2v) is 5.89. The zero-order chi connectivity index (χ0) is 14.5. The summed E-state index contributed by atoms with van der Waals surface area (Å²) in [4.78, 5) is 14.8. The van der Waals surface area contributed by atoms with E-state index < -0.39 is 0 Å². The number of aryl methyl sites for hydroxylation is 1. The van der Waals surface area contributed by atoms with Gasteiger partial charge in [0.1, 0.15) is 5.75 Å². The van der Waals surface area contributed by atoms with Crippen molar-refractivity contribution in [1.82, 2.24) is 4.90 Å². The monoisotopic (exact) mass is 275 g/mol. The van der Waals surface area contributed by atoms with E-state index in [-0.39, 0.29) is 11.9 Å². The molecule has 1 aromatic rings. The van der Waals surface area contributed by atoms with Gasteiger partial charge in [0.25, 0.3) is 0 Å². The van der Waals surface area contributed by atoms with E-state index in [9.17, 15) is 4.79 Å². The number of carbonyl (C=O) groups excluding carboxylic acids is 1. The van der Waals surface area contributed by atoms with Crippen molar-refractivity contribution in [2.75, 3.05) is 19.6 Å². The lowest BCUT2D eigenvalue weighted by molar-refractivity contribution is 0.0963. The normalized spacial score (nSPS) is 15.8. The van der Waals surface area contributed by atoms with Crippen molar-refractivity contribution in [3.8, 4) is 5.75 Å². The van der Waals surface area contributed by atoms with E-state index in [2.05, 4.69) is 4.90 Å². The first-order chi connectivity index (χ1) is 9.56. The Balaban J connectivity index is 2.04. The number of likely N-dealkylation sites (tertiary alicyclic amines) is 1. The van der Waals surface area contributed by atoms with Gasteiger partial charge in [0.2, 0.25) is 0 Å². The fourth-order valence-corrected chi connectivity index (χ4v) is 2.62. The van der Waals surface area contributed by atoms with E-state index in [0.717, 1.165) is 36.5 Å². The van der Waals surface area contributed by atoms with Crippen molar-refractivity contribution in [2.24, 2.45) is 0 Å². The van der Waals surface area contributed by atoms with E-state index in [1.807, 2.05) is 39.0 Å². The van der Waals surface area contributed by atoms with Crippen molar-refractivity contribution in [3.05, 3.63) is 29.3 Å². The maximum atomic E-state index is 12.4. The predicted molar refractivity (Wildman–Crippen MR) is 81.6 cm³/mol. The van der Waals surface area contributed by atoms with Crippen molar-refractivity contribution >= 4 is 5.78 Å². The SMILES string of the molecule is Cc1ccc(OC(C)C)c(C(=O)CCN2CCCC2)c1. The van der Waals surface area contributed by atoms with Gasteiger partial charge < -0.3 is 9.64 Å². The molecule has 0 radical (unpaired) electrons. The van der Waals surface area contributed by atoms with Gasteiger partial charge in [0.15, 0.2) is 5.78 Å². The van der Waals surface area contributed by atoms with Crippen LogP contribution in [0.25, 0.3) is 0 Å². The highest BCUT2D eigenvalue weighted by Gasteiger charge is 2.17. The third-order valence-corrected chi connectivity index (χ3v) is 3.65. The second kappa shape index (κ2) is 6.89. The van der Waals surface area contributed by atoms with Gasteiger partial charge in [0.05, 0.1) is 11.7 Å². The highest BCUT2D eigenvalue weighted by atomic mass is 16.5. The van der Waals surface area contributed by atoms with E-state index in [0.29, 0.717) is 6.42 Å². The summed E-state index contributed by atoms with van der Waals surface area (Å²) in [6.45, 7) is 9.12. The molecule has 0 aliphatic carbocycles. The summed E-state index contributed by atoms with van der Waals surface area (Å²) in [6, 6.07) is 5.86. The number of hydrogen-bond acceptors (Lipinski definition) is 3. The molecule has 1 fully saturated rings. The summed E-state index contributed by atoms with van der Waals surface area (Å²) < 4.78 is 5.76. The molecule has 0 aromatic heterocycles. The summed E-state index contributed by atoms with van der Waals surface area (Å²) in [6.07, 6.45) is 3.20. The van der Waals surface area contributed by atoms with E-state index in [1.165, 1.54) is 12.8 Å². The smallest absolute Gasteiger partial charge is 0.167 e. The molecule has 2 rings (SSSR count). The summed E-state index contributed by atoms with van der Waals surface area (Å²) in [5.41, 5.74) is 1.84. The summed E-state index contributed by atoms with van der Waals surface area (Å²) in [5, 5.41) is 0. The number of Topliss-reactive ketones (excluding diaryl/α,β-unsaturated/α-hetero) is 1. The Morgan fingerprint density at radius 3 is 2.65 bits per heavy atom. The predicted octanol–water partition coefficient (Wildman–Crippen LogP) is 3.45. The van der Waals surface area contributed by atoms with Gasteiger partial charge in [-0.25, -0.2) is 0 Å². The van der Waals surface area contributed by atoms with Gasteiger partial charge in [-0.2, -0.15) is 0 Å². The molecular formula is C17H25NO2. The van der Waals surface area contributed by atoms with Gasteiger partial charge in [0, 0.05) is 13.0 Å². The van der Waals surface area contributed by atoms with Crippen LogP contribution in [0.15, 0.2) is 18.2 Å². The van der Waals surface area contributed by atoms with Crippen LogP contribution in [0.2, 0.25) is 0 Å².